The largest absolute Gasteiger partial charge is 0.384 e. The summed E-state index contributed by atoms with van der Waals surface area (Å²) < 4.78 is 0. The lowest BCUT2D eigenvalue weighted by Crippen LogP contribution is -2.27. The normalized spacial score (nSPS) is 9.50. The van der Waals surface area contributed by atoms with E-state index in [0.29, 0.717) is 5.56 Å². The highest BCUT2D eigenvalue weighted by atomic mass is 16.2. The first-order chi connectivity index (χ1) is 8.69. The van der Waals surface area contributed by atoms with Crippen LogP contribution in [0, 0.1) is 11.8 Å². The van der Waals surface area contributed by atoms with Gasteiger partial charge in [-0.2, -0.15) is 0 Å². The number of aliphatic hydroxyl groups excluding tert-OH is 1. The Morgan fingerprint density at radius 1 is 1.33 bits per heavy atom. The summed E-state index contributed by atoms with van der Waals surface area (Å²) in [4.78, 5) is 13.8. The van der Waals surface area contributed by atoms with Gasteiger partial charge < -0.3 is 10.0 Å². The highest BCUT2D eigenvalue weighted by Crippen LogP contribution is 2.07. The minimum absolute atomic E-state index is 0.0325. The van der Waals surface area contributed by atoms with Crippen molar-refractivity contribution in [2.75, 3.05) is 20.2 Å². The number of hydrogen-bond acceptors (Lipinski definition) is 2. The average molecular weight is 245 g/mol. The zero-order valence-electron chi connectivity index (χ0n) is 10.9. The second-order valence-corrected chi connectivity index (χ2v) is 4.12. The molecule has 1 aromatic rings. The van der Waals surface area contributed by atoms with Crippen LogP contribution in [0.3, 0.4) is 0 Å². The van der Waals surface area contributed by atoms with E-state index >= 15 is 0 Å². The van der Waals surface area contributed by atoms with E-state index < -0.39 is 0 Å². The van der Waals surface area contributed by atoms with E-state index in [2.05, 4.69) is 18.8 Å². The molecule has 0 aliphatic rings. The Balaban J connectivity index is 2.69. The third-order valence-electron chi connectivity index (χ3n) is 2.64. The van der Waals surface area contributed by atoms with Gasteiger partial charge >= 0.3 is 0 Å². The SMILES string of the molecule is CCCCN(C)C(=O)c1ccc(C#CCO)cc1. The quantitative estimate of drug-likeness (QED) is 0.823. The molecule has 1 N–H and O–H groups in total. The van der Waals surface area contributed by atoms with Crippen molar-refractivity contribution in [1.82, 2.24) is 4.90 Å². The number of nitrogens with zero attached hydrogens (tertiary/aromatic N) is 1. The van der Waals surface area contributed by atoms with Crippen molar-refractivity contribution < 1.29 is 9.90 Å². The molecule has 0 saturated carbocycles. The zero-order valence-corrected chi connectivity index (χ0v) is 10.9. The molecule has 0 aliphatic carbocycles. The van der Waals surface area contributed by atoms with Crippen molar-refractivity contribution >= 4 is 5.91 Å². The van der Waals surface area contributed by atoms with Crippen molar-refractivity contribution in [2.45, 2.75) is 19.8 Å². The Kier molecular flexibility index (Phi) is 5.96. The maximum atomic E-state index is 12.0. The topological polar surface area (TPSA) is 40.5 Å². The molecule has 0 spiro atoms. The number of amides is 1. The lowest BCUT2D eigenvalue weighted by Gasteiger charge is -2.16. The number of carbonyl (C=O) groups excluding carboxylic acids is 1. The number of rotatable bonds is 4. The van der Waals surface area contributed by atoms with Crippen LogP contribution < -0.4 is 0 Å². The molecule has 3 nitrogen and oxygen atoms in total. The van der Waals surface area contributed by atoms with Crippen LogP contribution in [0.1, 0.15) is 35.7 Å². The van der Waals surface area contributed by atoms with Crippen LogP contribution in [0.2, 0.25) is 0 Å². The molecule has 0 unspecified atom stereocenters. The zero-order chi connectivity index (χ0) is 13.4. The van der Waals surface area contributed by atoms with Gasteiger partial charge in [-0.25, -0.2) is 0 Å². The van der Waals surface area contributed by atoms with Crippen LogP contribution in [-0.2, 0) is 0 Å². The molecule has 0 heterocycles. The highest BCUT2D eigenvalue weighted by Gasteiger charge is 2.10. The summed E-state index contributed by atoms with van der Waals surface area (Å²) in [5, 5.41) is 8.59. The molecule has 3 heteroatoms. The standard InChI is InChI=1S/C15H19NO2/c1-3-4-11-16(2)15(18)14-9-7-13(8-10-14)6-5-12-17/h7-10,17H,3-4,11-12H2,1-2H3. The van der Waals surface area contributed by atoms with E-state index in [1.807, 2.05) is 7.05 Å². The van der Waals surface area contributed by atoms with E-state index in [1.54, 1.807) is 29.2 Å². The summed E-state index contributed by atoms with van der Waals surface area (Å²) in [6.07, 6.45) is 2.09. The van der Waals surface area contributed by atoms with Crippen molar-refractivity contribution in [1.29, 1.82) is 0 Å². The second kappa shape index (κ2) is 7.52. The van der Waals surface area contributed by atoms with Gasteiger partial charge in [0.2, 0.25) is 0 Å². The van der Waals surface area contributed by atoms with E-state index in [4.69, 9.17) is 5.11 Å². The third-order valence-corrected chi connectivity index (χ3v) is 2.64. The molecule has 0 bridgehead atoms. The van der Waals surface area contributed by atoms with Gasteiger partial charge in [-0.05, 0) is 30.7 Å². The van der Waals surface area contributed by atoms with E-state index in [-0.39, 0.29) is 12.5 Å². The average Bonchev–Trinajstić information content (AvgIpc) is 2.42. The number of unbranched alkanes of at least 4 members (excludes halogenated alkanes) is 1. The lowest BCUT2D eigenvalue weighted by molar-refractivity contribution is 0.0793. The van der Waals surface area contributed by atoms with Crippen molar-refractivity contribution in [2.24, 2.45) is 0 Å². The molecule has 18 heavy (non-hydrogen) atoms. The number of carbonyl (C=O) groups is 1. The highest BCUT2D eigenvalue weighted by molar-refractivity contribution is 5.94. The Hall–Kier alpha value is -1.79. The van der Waals surface area contributed by atoms with Gasteiger partial charge in [0.25, 0.3) is 5.91 Å². The predicted molar refractivity (Wildman–Crippen MR) is 72.3 cm³/mol. The van der Waals surface area contributed by atoms with Crippen molar-refractivity contribution in [3.63, 3.8) is 0 Å². The summed E-state index contributed by atoms with van der Waals surface area (Å²) in [5.74, 6) is 5.41. The number of hydrogen-bond donors (Lipinski definition) is 1. The molecule has 0 radical (unpaired) electrons. The molecule has 1 aromatic carbocycles. The van der Waals surface area contributed by atoms with Gasteiger partial charge in [-0.1, -0.05) is 25.2 Å². The minimum atomic E-state index is -0.152. The summed E-state index contributed by atoms with van der Waals surface area (Å²) in [5.41, 5.74) is 1.47. The summed E-state index contributed by atoms with van der Waals surface area (Å²) >= 11 is 0. The molecule has 96 valence electrons. The molecule has 0 aromatic heterocycles. The summed E-state index contributed by atoms with van der Waals surface area (Å²) in [6, 6.07) is 7.13. The Morgan fingerprint density at radius 3 is 2.56 bits per heavy atom. The van der Waals surface area contributed by atoms with Crippen molar-refractivity contribution in [3.05, 3.63) is 35.4 Å². The van der Waals surface area contributed by atoms with Gasteiger partial charge in [0.15, 0.2) is 0 Å². The molecule has 0 atom stereocenters. The maximum absolute atomic E-state index is 12.0. The summed E-state index contributed by atoms with van der Waals surface area (Å²) in [7, 11) is 1.82. The number of aliphatic hydroxyl groups is 1. The van der Waals surface area contributed by atoms with Crippen LogP contribution in [0.4, 0.5) is 0 Å². The molecular weight excluding hydrogens is 226 g/mol. The lowest BCUT2D eigenvalue weighted by atomic mass is 10.1. The molecule has 0 aliphatic heterocycles. The smallest absolute Gasteiger partial charge is 0.253 e. The van der Waals surface area contributed by atoms with Crippen LogP contribution in [0.25, 0.3) is 0 Å². The van der Waals surface area contributed by atoms with Crippen LogP contribution in [0.15, 0.2) is 24.3 Å². The maximum Gasteiger partial charge on any atom is 0.253 e. The van der Waals surface area contributed by atoms with Crippen LogP contribution in [-0.4, -0.2) is 36.1 Å². The van der Waals surface area contributed by atoms with Gasteiger partial charge in [0.05, 0.1) is 0 Å². The van der Waals surface area contributed by atoms with Gasteiger partial charge in [0, 0.05) is 24.7 Å². The Bertz CT molecular complexity index is 440. The first kappa shape index (κ1) is 14.3. The Morgan fingerprint density at radius 2 is 2.00 bits per heavy atom. The van der Waals surface area contributed by atoms with E-state index in [9.17, 15) is 4.79 Å². The fraction of sp³-hybridized carbons (Fsp3) is 0.400. The first-order valence-electron chi connectivity index (χ1n) is 6.14. The van der Waals surface area contributed by atoms with Crippen LogP contribution >= 0.6 is 0 Å². The monoisotopic (exact) mass is 245 g/mol. The van der Waals surface area contributed by atoms with E-state index in [1.165, 1.54) is 0 Å². The number of benzene rings is 1. The van der Waals surface area contributed by atoms with Crippen molar-refractivity contribution in [3.8, 4) is 11.8 Å². The van der Waals surface area contributed by atoms with Crippen LogP contribution in [0.5, 0.6) is 0 Å². The Labute approximate surface area is 108 Å². The molecule has 0 saturated heterocycles. The van der Waals surface area contributed by atoms with Gasteiger partial charge in [0.1, 0.15) is 6.61 Å². The second-order valence-electron chi connectivity index (χ2n) is 4.12. The van der Waals surface area contributed by atoms with Gasteiger partial charge in [-0.3, -0.25) is 4.79 Å². The third kappa shape index (κ3) is 4.23. The predicted octanol–water partition coefficient (Wildman–Crippen LogP) is 1.90. The van der Waals surface area contributed by atoms with E-state index in [0.717, 1.165) is 24.9 Å². The molecular formula is C15H19NO2. The first-order valence-corrected chi connectivity index (χ1v) is 6.14. The molecule has 1 rings (SSSR count). The van der Waals surface area contributed by atoms with Gasteiger partial charge in [-0.15, -0.1) is 0 Å². The summed E-state index contributed by atoms with van der Waals surface area (Å²) in [6.45, 7) is 2.73. The molecule has 0 fully saturated rings. The molecule has 1 amide bonds. The minimum Gasteiger partial charge on any atom is -0.384 e. The fourth-order valence-electron chi connectivity index (χ4n) is 1.55. The fourth-order valence-corrected chi connectivity index (χ4v) is 1.55.